The van der Waals surface area contributed by atoms with Gasteiger partial charge >= 0.3 is 0 Å². The minimum atomic E-state index is -1.25. The highest BCUT2D eigenvalue weighted by atomic mass is 79.9. The van der Waals surface area contributed by atoms with Crippen molar-refractivity contribution in [2.45, 2.75) is 12.5 Å². The molecule has 2 N–H and O–H groups in total. The van der Waals surface area contributed by atoms with E-state index in [-0.39, 0.29) is 12.5 Å². The molecule has 0 aliphatic rings. The molecule has 0 fully saturated rings. The van der Waals surface area contributed by atoms with Gasteiger partial charge in [-0.1, -0.05) is 0 Å². The number of furan rings is 1. The van der Waals surface area contributed by atoms with Gasteiger partial charge in [0.25, 0.3) is 5.91 Å². The van der Waals surface area contributed by atoms with Crippen LogP contribution in [0.25, 0.3) is 0 Å². The SMILES string of the molecule is CC(O)(CNC(=O)c1ccnc(Br)c1)c1ccco1. The highest BCUT2D eigenvalue weighted by Gasteiger charge is 2.26. The van der Waals surface area contributed by atoms with Crippen LogP contribution in [0.5, 0.6) is 0 Å². The Morgan fingerprint density at radius 2 is 2.37 bits per heavy atom. The predicted octanol–water partition coefficient (Wildman–Crippen LogP) is 2.07. The van der Waals surface area contributed by atoms with E-state index in [1.807, 2.05) is 0 Å². The van der Waals surface area contributed by atoms with E-state index in [1.54, 1.807) is 31.2 Å². The van der Waals surface area contributed by atoms with Crippen LogP contribution in [0.15, 0.2) is 45.7 Å². The summed E-state index contributed by atoms with van der Waals surface area (Å²) in [6.45, 7) is 1.63. The fourth-order valence-corrected chi connectivity index (χ4v) is 1.94. The highest BCUT2D eigenvalue weighted by molar-refractivity contribution is 9.10. The summed E-state index contributed by atoms with van der Waals surface area (Å²) in [5.74, 6) is 0.124. The molecule has 2 aromatic rings. The molecule has 1 atom stereocenters. The smallest absolute Gasteiger partial charge is 0.251 e. The summed E-state index contributed by atoms with van der Waals surface area (Å²) in [5.41, 5.74) is -0.777. The van der Waals surface area contributed by atoms with Crippen LogP contribution in [-0.4, -0.2) is 22.5 Å². The van der Waals surface area contributed by atoms with Crippen molar-refractivity contribution < 1.29 is 14.3 Å². The lowest BCUT2D eigenvalue weighted by Crippen LogP contribution is -2.38. The predicted molar refractivity (Wildman–Crippen MR) is 72.5 cm³/mol. The Morgan fingerprint density at radius 3 is 3.00 bits per heavy atom. The fraction of sp³-hybridized carbons (Fsp3) is 0.231. The molecule has 0 spiro atoms. The average molecular weight is 325 g/mol. The monoisotopic (exact) mass is 324 g/mol. The summed E-state index contributed by atoms with van der Waals surface area (Å²) >= 11 is 3.20. The molecule has 5 nitrogen and oxygen atoms in total. The second kappa shape index (κ2) is 5.54. The van der Waals surface area contributed by atoms with Gasteiger partial charge in [-0.05, 0) is 47.1 Å². The molecule has 0 bridgehead atoms. The molecule has 1 unspecified atom stereocenters. The Kier molecular flexibility index (Phi) is 4.01. The zero-order chi connectivity index (χ0) is 13.9. The first-order valence-electron chi connectivity index (χ1n) is 5.65. The number of hydrogen-bond donors (Lipinski definition) is 2. The summed E-state index contributed by atoms with van der Waals surface area (Å²) in [4.78, 5) is 15.9. The number of amides is 1. The minimum absolute atomic E-state index is 0.0548. The van der Waals surface area contributed by atoms with Crippen LogP contribution in [0.4, 0.5) is 0 Å². The normalized spacial score (nSPS) is 13.8. The average Bonchev–Trinajstić information content (AvgIpc) is 2.90. The maximum absolute atomic E-state index is 11.9. The lowest BCUT2D eigenvalue weighted by molar-refractivity contribution is 0.0330. The molecule has 0 saturated heterocycles. The minimum Gasteiger partial charge on any atom is -0.466 e. The molecule has 6 heteroatoms. The summed E-state index contributed by atoms with van der Waals surface area (Å²) in [6.07, 6.45) is 3.01. The number of aliphatic hydroxyl groups is 1. The number of nitrogens with one attached hydrogen (secondary N) is 1. The van der Waals surface area contributed by atoms with Crippen molar-refractivity contribution in [2.75, 3.05) is 6.54 Å². The summed E-state index contributed by atoms with van der Waals surface area (Å²) in [5, 5.41) is 12.9. The van der Waals surface area contributed by atoms with Crippen LogP contribution in [0.1, 0.15) is 23.0 Å². The molecule has 2 rings (SSSR count). The Bertz CT molecular complexity index is 567. The number of carbonyl (C=O) groups excluding carboxylic acids is 1. The van der Waals surface area contributed by atoms with Gasteiger partial charge in [0.2, 0.25) is 0 Å². The van der Waals surface area contributed by atoms with Gasteiger partial charge in [0.15, 0.2) is 0 Å². The maximum atomic E-state index is 11.9. The zero-order valence-corrected chi connectivity index (χ0v) is 11.8. The van der Waals surface area contributed by atoms with E-state index < -0.39 is 5.60 Å². The van der Waals surface area contributed by atoms with Gasteiger partial charge < -0.3 is 14.8 Å². The first-order valence-corrected chi connectivity index (χ1v) is 6.44. The number of carbonyl (C=O) groups is 1. The van der Waals surface area contributed by atoms with Crippen LogP contribution in [-0.2, 0) is 5.60 Å². The van der Waals surface area contributed by atoms with Gasteiger partial charge in [-0.15, -0.1) is 0 Å². The van der Waals surface area contributed by atoms with Gasteiger partial charge in [-0.25, -0.2) is 4.98 Å². The van der Waals surface area contributed by atoms with E-state index in [4.69, 9.17) is 4.42 Å². The van der Waals surface area contributed by atoms with Crippen molar-refractivity contribution in [3.63, 3.8) is 0 Å². The molecule has 0 saturated carbocycles. The molecule has 1 amide bonds. The molecule has 0 radical (unpaired) electrons. The van der Waals surface area contributed by atoms with Crippen LogP contribution in [0.3, 0.4) is 0 Å². The Morgan fingerprint density at radius 1 is 1.58 bits per heavy atom. The van der Waals surface area contributed by atoms with E-state index in [9.17, 15) is 9.90 Å². The lowest BCUT2D eigenvalue weighted by atomic mass is 10.0. The summed E-state index contributed by atoms with van der Waals surface area (Å²) in [7, 11) is 0. The second-order valence-electron chi connectivity index (χ2n) is 4.30. The maximum Gasteiger partial charge on any atom is 0.251 e. The Balaban J connectivity index is 2.01. The van der Waals surface area contributed by atoms with E-state index in [0.717, 1.165) is 0 Å². The van der Waals surface area contributed by atoms with E-state index in [2.05, 4.69) is 26.2 Å². The van der Waals surface area contributed by atoms with E-state index >= 15 is 0 Å². The molecular formula is C13H13BrN2O3. The number of pyridine rings is 1. The summed E-state index contributed by atoms with van der Waals surface area (Å²) in [6, 6.07) is 6.55. The van der Waals surface area contributed by atoms with Crippen LogP contribution in [0.2, 0.25) is 0 Å². The van der Waals surface area contributed by atoms with Gasteiger partial charge in [0.05, 0.1) is 12.8 Å². The molecule has 100 valence electrons. The molecule has 2 heterocycles. The van der Waals surface area contributed by atoms with E-state index in [0.29, 0.717) is 15.9 Å². The van der Waals surface area contributed by atoms with Crippen LogP contribution >= 0.6 is 15.9 Å². The standard InChI is InChI=1S/C13H13BrN2O3/c1-13(18,10-3-2-6-19-10)8-16-12(17)9-4-5-15-11(14)7-9/h2-7,18H,8H2,1H3,(H,16,17). The third-order valence-electron chi connectivity index (χ3n) is 2.63. The van der Waals surface area contributed by atoms with Crippen molar-refractivity contribution in [1.29, 1.82) is 0 Å². The molecule has 19 heavy (non-hydrogen) atoms. The molecule has 2 aromatic heterocycles. The van der Waals surface area contributed by atoms with Gasteiger partial charge in [0, 0.05) is 11.8 Å². The number of hydrogen-bond acceptors (Lipinski definition) is 4. The second-order valence-corrected chi connectivity index (χ2v) is 5.11. The number of rotatable bonds is 4. The Hall–Kier alpha value is -1.66. The zero-order valence-electron chi connectivity index (χ0n) is 10.3. The Labute approximate surface area is 118 Å². The molecule has 0 aromatic carbocycles. The van der Waals surface area contributed by atoms with Crippen molar-refractivity contribution in [3.8, 4) is 0 Å². The number of halogens is 1. The molecule has 0 aliphatic carbocycles. The molecular weight excluding hydrogens is 312 g/mol. The first kappa shape index (κ1) is 13.8. The van der Waals surface area contributed by atoms with Crippen molar-refractivity contribution in [2.24, 2.45) is 0 Å². The largest absolute Gasteiger partial charge is 0.466 e. The molecule has 0 aliphatic heterocycles. The summed E-state index contributed by atoms with van der Waals surface area (Å²) < 4.78 is 5.72. The number of nitrogens with zero attached hydrogens (tertiary/aromatic N) is 1. The van der Waals surface area contributed by atoms with Crippen molar-refractivity contribution >= 4 is 21.8 Å². The van der Waals surface area contributed by atoms with Crippen molar-refractivity contribution in [3.05, 3.63) is 52.7 Å². The quantitative estimate of drug-likeness (QED) is 0.844. The van der Waals surface area contributed by atoms with E-state index in [1.165, 1.54) is 12.5 Å². The van der Waals surface area contributed by atoms with Crippen LogP contribution < -0.4 is 5.32 Å². The first-order chi connectivity index (χ1) is 8.99. The fourth-order valence-electron chi connectivity index (χ4n) is 1.57. The number of aromatic nitrogens is 1. The third kappa shape index (κ3) is 3.42. The van der Waals surface area contributed by atoms with Crippen LogP contribution in [0, 0.1) is 0 Å². The van der Waals surface area contributed by atoms with Gasteiger partial charge in [0.1, 0.15) is 16.0 Å². The van der Waals surface area contributed by atoms with Gasteiger partial charge in [-0.2, -0.15) is 0 Å². The van der Waals surface area contributed by atoms with Crippen molar-refractivity contribution in [1.82, 2.24) is 10.3 Å². The third-order valence-corrected chi connectivity index (χ3v) is 3.07. The van der Waals surface area contributed by atoms with Gasteiger partial charge in [-0.3, -0.25) is 4.79 Å². The topological polar surface area (TPSA) is 75.4 Å². The highest BCUT2D eigenvalue weighted by Crippen LogP contribution is 2.20. The lowest BCUT2D eigenvalue weighted by Gasteiger charge is -2.21.